The van der Waals surface area contributed by atoms with Crippen molar-refractivity contribution < 1.29 is 9.90 Å². The highest BCUT2D eigenvalue weighted by Crippen LogP contribution is 2.13. The summed E-state index contributed by atoms with van der Waals surface area (Å²) in [5, 5.41) is 11.8. The number of carbonyl (C=O) groups is 1. The molecule has 21 heavy (non-hydrogen) atoms. The summed E-state index contributed by atoms with van der Waals surface area (Å²) in [7, 11) is 0. The fraction of sp³-hybridized carbons (Fsp3) is 0.471. The number of aliphatic hydroxyl groups is 1. The van der Waals surface area contributed by atoms with Crippen LogP contribution in [0.5, 0.6) is 0 Å². The Morgan fingerprint density at radius 1 is 1.48 bits per heavy atom. The highest BCUT2D eigenvalue weighted by molar-refractivity contribution is 7.99. The first kappa shape index (κ1) is 17.6. The van der Waals surface area contributed by atoms with Crippen molar-refractivity contribution in [3.63, 3.8) is 0 Å². The molecule has 1 unspecified atom stereocenters. The van der Waals surface area contributed by atoms with E-state index in [-0.39, 0.29) is 18.6 Å². The summed E-state index contributed by atoms with van der Waals surface area (Å²) in [6.45, 7) is 6.08. The Balaban J connectivity index is 2.81. The molecule has 0 saturated carbocycles. The van der Waals surface area contributed by atoms with Crippen molar-refractivity contribution in [2.45, 2.75) is 33.2 Å². The molecule has 0 radical (unpaired) electrons. The van der Waals surface area contributed by atoms with Gasteiger partial charge < -0.3 is 10.4 Å². The van der Waals surface area contributed by atoms with Crippen LogP contribution in [-0.2, 0) is 0 Å². The van der Waals surface area contributed by atoms with Gasteiger partial charge in [0.2, 0.25) is 0 Å². The number of rotatable bonds is 6. The second-order valence-corrected chi connectivity index (χ2v) is 6.11. The fourth-order valence-electron chi connectivity index (χ4n) is 1.87. The average molecular weight is 305 g/mol. The predicted octanol–water partition coefficient (Wildman–Crippen LogP) is 2.60. The minimum atomic E-state index is -0.0532. The Morgan fingerprint density at radius 3 is 2.90 bits per heavy atom. The molecule has 2 N–H and O–H groups in total. The lowest BCUT2D eigenvalue weighted by Gasteiger charge is -2.14. The van der Waals surface area contributed by atoms with Crippen LogP contribution >= 0.6 is 11.8 Å². The van der Waals surface area contributed by atoms with Crippen molar-refractivity contribution >= 4 is 17.7 Å². The first-order valence-electron chi connectivity index (χ1n) is 7.18. The standard InChI is InChI=1S/C17H23NO2S/c1-4-21-12-13(2)18-17(20)16-10-7-9-15(14(16)3)8-5-6-11-19/h7,9-10,13,19H,4,6,11-12H2,1-3H3,(H,18,20). The molecular weight excluding hydrogens is 282 g/mol. The molecule has 1 aromatic rings. The van der Waals surface area contributed by atoms with Crippen molar-refractivity contribution in [3.05, 3.63) is 34.9 Å². The summed E-state index contributed by atoms with van der Waals surface area (Å²) in [4.78, 5) is 12.3. The third kappa shape index (κ3) is 5.82. The van der Waals surface area contributed by atoms with E-state index in [1.54, 1.807) is 0 Å². The van der Waals surface area contributed by atoms with E-state index in [0.29, 0.717) is 12.0 Å². The van der Waals surface area contributed by atoms with E-state index in [9.17, 15) is 4.79 Å². The first-order valence-corrected chi connectivity index (χ1v) is 8.33. The molecule has 1 amide bonds. The van der Waals surface area contributed by atoms with E-state index in [1.807, 2.05) is 43.8 Å². The van der Waals surface area contributed by atoms with E-state index in [2.05, 4.69) is 24.1 Å². The lowest BCUT2D eigenvalue weighted by molar-refractivity contribution is 0.0943. The molecule has 1 aromatic carbocycles. The Labute approximate surface area is 131 Å². The number of amides is 1. The van der Waals surface area contributed by atoms with E-state index < -0.39 is 0 Å². The van der Waals surface area contributed by atoms with Gasteiger partial charge >= 0.3 is 0 Å². The van der Waals surface area contributed by atoms with Crippen molar-refractivity contribution in [3.8, 4) is 11.8 Å². The molecule has 0 heterocycles. The van der Waals surface area contributed by atoms with Crippen LogP contribution in [0.1, 0.15) is 41.8 Å². The number of aliphatic hydroxyl groups excluding tert-OH is 1. The zero-order valence-corrected chi connectivity index (χ0v) is 13.7. The van der Waals surface area contributed by atoms with Crippen molar-refractivity contribution in [2.24, 2.45) is 0 Å². The van der Waals surface area contributed by atoms with Gasteiger partial charge in [0.1, 0.15) is 0 Å². The Bertz CT molecular complexity index is 531. The van der Waals surface area contributed by atoms with E-state index in [0.717, 1.165) is 22.6 Å². The van der Waals surface area contributed by atoms with Crippen LogP contribution in [0.4, 0.5) is 0 Å². The Kier molecular flexibility index (Phi) is 7.96. The molecule has 1 atom stereocenters. The Morgan fingerprint density at radius 2 is 2.24 bits per heavy atom. The van der Waals surface area contributed by atoms with Crippen LogP contribution in [0, 0.1) is 18.8 Å². The molecule has 1 rings (SSSR count). The molecule has 0 fully saturated rings. The minimum Gasteiger partial charge on any atom is -0.395 e. The van der Waals surface area contributed by atoms with Gasteiger partial charge in [0, 0.05) is 29.3 Å². The Hall–Kier alpha value is -1.44. The molecule has 0 bridgehead atoms. The van der Waals surface area contributed by atoms with Gasteiger partial charge in [0.25, 0.3) is 5.91 Å². The summed E-state index contributed by atoms with van der Waals surface area (Å²) < 4.78 is 0. The van der Waals surface area contributed by atoms with Crippen molar-refractivity contribution in [1.29, 1.82) is 0 Å². The second-order valence-electron chi connectivity index (χ2n) is 4.79. The normalized spacial score (nSPS) is 11.4. The number of carbonyl (C=O) groups excluding carboxylic acids is 1. The lowest BCUT2D eigenvalue weighted by atomic mass is 10.0. The summed E-state index contributed by atoms with van der Waals surface area (Å²) >= 11 is 1.81. The van der Waals surface area contributed by atoms with E-state index in [4.69, 9.17) is 5.11 Å². The highest BCUT2D eigenvalue weighted by atomic mass is 32.2. The van der Waals surface area contributed by atoms with Crippen LogP contribution in [-0.4, -0.2) is 35.2 Å². The molecule has 0 aliphatic heterocycles. The monoisotopic (exact) mass is 305 g/mol. The molecule has 4 heteroatoms. The van der Waals surface area contributed by atoms with E-state index >= 15 is 0 Å². The largest absolute Gasteiger partial charge is 0.395 e. The SMILES string of the molecule is CCSCC(C)NC(=O)c1cccc(C#CCCO)c1C. The maximum Gasteiger partial charge on any atom is 0.251 e. The summed E-state index contributed by atoms with van der Waals surface area (Å²) in [5.74, 6) is 7.81. The molecule has 0 saturated heterocycles. The zero-order chi connectivity index (χ0) is 15.7. The quantitative estimate of drug-likeness (QED) is 0.794. The second kappa shape index (κ2) is 9.49. The van der Waals surface area contributed by atoms with Crippen LogP contribution in [0.15, 0.2) is 18.2 Å². The van der Waals surface area contributed by atoms with Gasteiger partial charge in [-0.1, -0.05) is 24.8 Å². The van der Waals surface area contributed by atoms with Gasteiger partial charge in [-0.2, -0.15) is 11.8 Å². The summed E-state index contributed by atoms with van der Waals surface area (Å²) in [5.41, 5.74) is 2.39. The van der Waals surface area contributed by atoms with Crippen LogP contribution in [0.2, 0.25) is 0 Å². The predicted molar refractivity (Wildman–Crippen MR) is 89.7 cm³/mol. The number of benzene rings is 1. The molecule has 3 nitrogen and oxygen atoms in total. The molecular formula is C17H23NO2S. The molecule has 0 spiro atoms. The van der Waals surface area contributed by atoms with Gasteiger partial charge in [-0.3, -0.25) is 4.79 Å². The number of nitrogens with one attached hydrogen (secondary N) is 1. The summed E-state index contributed by atoms with van der Waals surface area (Å²) in [6, 6.07) is 5.70. The summed E-state index contributed by atoms with van der Waals surface area (Å²) in [6.07, 6.45) is 0.446. The third-order valence-electron chi connectivity index (χ3n) is 2.99. The van der Waals surface area contributed by atoms with Gasteiger partial charge in [0.05, 0.1) is 6.61 Å². The maximum atomic E-state index is 12.3. The lowest BCUT2D eigenvalue weighted by Crippen LogP contribution is -2.34. The topological polar surface area (TPSA) is 49.3 Å². The molecule has 114 valence electrons. The zero-order valence-electron chi connectivity index (χ0n) is 12.9. The number of thioether (sulfide) groups is 1. The fourth-order valence-corrected chi connectivity index (χ4v) is 2.54. The van der Waals surface area contributed by atoms with Crippen LogP contribution < -0.4 is 5.32 Å². The first-order chi connectivity index (χ1) is 10.1. The average Bonchev–Trinajstić information content (AvgIpc) is 2.47. The van der Waals surface area contributed by atoms with Gasteiger partial charge in [0.15, 0.2) is 0 Å². The van der Waals surface area contributed by atoms with Crippen molar-refractivity contribution in [2.75, 3.05) is 18.1 Å². The number of hydrogen-bond acceptors (Lipinski definition) is 3. The van der Waals surface area contributed by atoms with Gasteiger partial charge in [-0.25, -0.2) is 0 Å². The molecule has 0 aliphatic rings. The van der Waals surface area contributed by atoms with Crippen LogP contribution in [0.25, 0.3) is 0 Å². The smallest absolute Gasteiger partial charge is 0.251 e. The minimum absolute atomic E-state index is 0.0532. The van der Waals surface area contributed by atoms with Gasteiger partial charge in [-0.15, -0.1) is 0 Å². The van der Waals surface area contributed by atoms with E-state index in [1.165, 1.54) is 0 Å². The van der Waals surface area contributed by atoms with Crippen LogP contribution in [0.3, 0.4) is 0 Å². The maximum absolute atomic E-state index is 12.3. The van der Waals surface area contributed by atoms with Crippen molar-refractivity contribution in [1.82, 2.24) is 5.32 Å². The highest BCUT2D eigenvalue weighted by Gasteiger charge is 2.13. The van der Waals surface area contributed by atoms with Gasteiger partial charge in [-0.05, 0) is 37.3 Å². The molecule has 0 aromatic heterocycles. The molecule has 0 aliphatic carbocycles. The third-order valence-corrected chi connectivity index (χ3v) is 4.13. The number of hydrogen-bond donors (Lipinski definition) is 2.